The second-order valence-electron chi connectivity index (χ2n) is 4.36. The van der Waals surface area contributed by atoms with Crippen molar-refractivity contribution < 1.29 is 4.74 Å². The van der Waals surface area contributed by atoms with Crippen molar-refractivity contribution >= 4 is 11.4 Å². The molecule has 1 rings (SSSR count). The van der Waals surface area contributed by atoms with Gasteiger partial charge in [0.05, 0.1) is 23.9 Å². The lowest BCUT2D eigenvalue weighted by atomic mass is 10.0. The predicted octanol–water partition coefficient (Wildman–Crippen LogP) is 2.22. The number of nitrogens with two attached hydrogens (primary N) is 1. The van der Waals surface area contributed by atoms with E-state index in [-0.39, 0.29) is 6.04 Å². The van der Waals surface area contributed by atoms with E-state index in [9.17, 15) is 0 Å². The SMILES string of the molecule is COCC(Nc1ccc(C#N)c(N)c1)C(C)C. The van der Waals surface area contributed by atoms with Crippen LogP contribution in [0.15, 0.2) is 18.2 Å². The van der Waals surface area contributed by atoms with E-state index in [1.165, 1.54) is 0 Å². The Bertz CT molecular complexity index is 410. The highest BCUT2D eigenvalue weighted by Crippen LogP contribution is 2.19. The number of nitriles is 1. The molecule has 0 bridgehead atoms. The molecule has 4 nitrogen and oxygen atoms in total. The third-order valence-corrected chi connectivity index (χ3v) is 2.68. The van der Waals surface area contributed by atoms with Gasteiger partial charge >= 0.3 is 0 Å². The lowest BCUT2D eigenvalue weighted by molar-refractivity contribution is 0.171. The number of hydrogen-bond acceptors (Lipinski definition) is 4. The van der Waals surface area contributed by atoms with Gasteiger partial charge in [-0.15, -0.1) is 0 Å². The van der Waals surface area contributed by atoms with Gasteiger partial charge < -0.3 is 15.8 Å². The minimum atomic E-state index is 0.229. The summed E-state index contributed by atoms with van der Waals surface area (Å²) in [5, 5.41) is 12.2. The van der Waals surface area contributed by atoms with Crippen LogP contribution in [0, 0.1) is 17.2 Å². The van der Waals surface area contributed by atoms with Crippen molar-refractivity contribution in [2.75, 3.05) is 24.8 Å². The summed E-state index contributed by atoms with van der Waals surface area (Å²) in [6, 6.07) is 7.64. The monoisotopic (exact) mass is 233 g/mol. The van der Waals surface area contributed by atoms with Crippen LogP contribution in [0.3, 0.4) is 0 Å². The zero-order valence-electron chi connectivity index (χ0n) is 10.5. The van der Waals surface area contributed by atoms with Crippen LogP contribution in [0.2, 0.25) is 0 Å². The van der Waals surface area contributed by atoms with Gasteiger partial charge in [-0.2, -0.15) is 5.26 Å². The molecule has 0 aliphatic rings. The first kappa shape index (κ1) is 13.3. The average Bonchev–Trinajstić information content (AvgIpc) is 2.28. The molecule has 1 aromatic carbocycles. The van der Waals surface area contributed by atoms with Gasteiger partial charge in [-0.3, -0.25) is 0 Å². The van der Waals surface area contributed by atoms with Gasteiger partial charge in [-0.25, -0.2) is 0 Å². The Kier molecular flexibility index (Phi) is 4.80. The van der Waals surface area contributed by atoms with Crippen molar-refractivity contribution in [3.05, 3.63) is 23.8 Å². The third-order valence-electron chi connectivity index (χ3n) is 2.68. The van der Waals surface area contributed by atoms with E-state index >= 15 is 0 Å². The number of anilines is 2. The first-order valence-corrected chi connectivity index (χ1v) is 5.63. The smallest absolute Gasteiger partial charge is 0.101 e. The average molecular weight is 233 g/mol. The minimum absolute atomic E-state index is 0.229. The van der Waals surface area contributed by atoms with Gasteiger partial charge in [-0.1, -0.05) is 13.8 Å². The molecule has 0 saturated heterocycles. The van der Waals surface area contributed by atoms with Crippen LogP contribution in [0.4, 0.5) is 11.4 Å². The molecule has 3 N–H and O–H groups in total. The summed E-state index contributed by atoms with van der Waals surface area (Å²) in [6.45, 7) is 4.89. The molecule has 0 radical (unpaired) electrons. The van der Waals surface area contributed by atoms with E-state index < -0.39 is 0 Å². The number of benzene rings is 1. The molecule has 0 aromatic heterocycles. The van der Waals surface area contributed by atoms with Gasteiger partial charge in [-0.05, 0) is 24.1 Å². The normalized spacial score (nSPS) is 12.2. The van der Waals surface area contributed by atoms with Crippen LogP contribution in [0.25, 0.3) is 0 Å². The van der Waals surface area contributed by atoms with Gasteiger partial charge in [0.2, 0.25) is 0 Å². The highest BCUT2D eigenvalue weighted by molar-refractivity contribution is 5.62. The van der Waals surface area contributed by atoms with Crippen molar-refractivity contribution in [1.29, 1.82) is 5.26 Å². The Labute approximate surface area is 102 Å². The van der Waals surface area contributed by atoms with Crippen molar-refractivity contribution in [3.8, 4) is 6.07 Å². The van der Waals surface area contributed by atoms with Crippen LogP contribution in [0.1, 0.15) is 19.4 Å². The van der Waals surface area contributed by atoms with Crippen molar-refractivity contribution in [2.45, 2.75) is 19.9 Å². The van der Waals surface area contributed by atoms with Crippen molar-refractivity contribution in [3.63, 3.8) is 0 Å². The predicted molar refractivity (Wildman–Crippen MR) is 69.7 cm³/mol. The molecule has 1 atom stereocenters. The molecule has 0 fully saturated rings. The molecular weight excluding hydrogens is 214 g/mol. The topological polar surface area (TPSA) is 71.1 Å². The summed E-state index contributed by atoms with van der Waals surface area (Å²) in [6.07, 6.45) is 0. The number of hydrogen-bond donors (Lipinski definition) is 2. The molecule has 0 amide bonds. The fraction of sp³-hybridized carbons (Fsp3) is 0.462. The number of nitrogen functional groups attached to an aromatic ring is 1. The number of ether oxygens (including phenoxy) is 1. The highest BCUT2D eigenvalue weighted by atomic mass is 16.5. The van der Waals surface area contributed by atoms with Gasteiger partial charge in [0.1, 0.15) is 6.07 Å². The highest BCUT2D eigenvalue weighted by Gasteiger charge is 2.13. The lowest BCUT2D eigenvalue weighted by Gasteiger charge is -2.23. The zero-order valence-corrected chi connectivity index (χ0v) is 10.5. The van der Waals surface area contributed by atoms with E-state index in [2.05, 4.69) is 19.2 Å². The second-order valence-corrected chi connectivity index (χ2v) is 4.36. The van der Waals surface area contributed by atoms with Crippen LogP contribution in [0.5, 0.6) is 0 Å². The van der Waals surface area contributed by atoms with E-state index in [0.717, 1.165) is 5.69 Å². The number of methoxy groups -OCH3 is 1. The van der Waals surface area contributed by atoms with Crippen LogP contribution >= 0.6 is 0 Å². The standard InChI is InChI=1S/C13H19N3O/c1-9(2)13(8-17-3)16-11-5-4-10(7-14)12(15)6-11/h4-6,9,13,16H,8,15H2,1-3H3. The lowest BCUT2D eigenvalue weighted by Crippen LogP contribution is -2.30. The fourth-order valence-corrected chi connectivity index (χ4v) is 1.55. The molecule has 17 heavy (non-hydrogen) atoms. The summed E-state index contributed by atoms with van der Waals surface area (Å²) in [4.78, 5) is 0. The van der Waals surface area contributed by atoms with E-state index in [1.807, 2.05) is 12.1 Å². The van der Waals surface area contributed by atoms with Gasteiger partial charge in [0.15, 0.2) is 0 Å². The van der Waals surface area contributed by atoms with Crippen LogP contribution < -0.4 is 11.1 Å². The maximum absolute atomic E-state index is 8.79. The van der Waals surface area contributed by atoms with Gasteiger partial charge in [0, 0.05) is 12.8 Å². The fourth-order valence-electron chi connectivity index (χ4n) is 1.55. The Hall–Kier alpha value is -1.73. The first-order valence-electron chi connectivity index (χ1n) is 5.63. The van der Waals surface area contributed by atoms with Crippen molar-refractivity contribution in [2.24, 2.45) is 5.92 Å². The molecule has 1 aromatic rings. The third kappa shape index (κ3) is 3.65. The summed E-state index contributed by atoms with van der Waals surface area (Å²) in [5.41, 5.74) is 7.68. The molecule has 1 unspecified atom stereocenters. The molecule has 0 aliphatic carbocycles. The van der Waals surface area contributed by atoms with Crippen molar-refractivity contribution in [1.82, 2.24) is 0 Å². The van der Waals surface area contributed by atoms with Crippen LogP contribution in [-0.4, -0.2) is 19.8 Å². The molecule has 0 spiro atoms. The number of nitrogens with one attached hydrogen (secondary N) is 1. The molecule has 0 saturated carbocycles. The van der Waals surface area contributed by atoms with E-state index in [1.54, 1.807) is 19.2 Å². The molecule has 0 aliphatic heterocycles. The summed E-state index contributed by atoms with van der Waals surface area (Å²) < 4.78 is 5.17. The first-order chi connectivity index (χ1) is 8.08. The number of nitrogens with zero attached hydrogens (tertiary/aromatic N) is 1. The Morgan fingerprint density at radius 2 is 2.18 bits per heavy atom. The summed E-state index contributed by atoms with van der Waals surface area (Å²) >= 11 is 0. The molecular formula is C13H19N3O. The quantitative estimate of drug-likeness (QED) is 0.765. The Morgan fingerprint density at radius 1 is 1.47 bits per heavy atom. The maximum Gasteiger partial charge on any atom is 0.101 e. The largest absolute Gasteiger partial charge is 0.398 e. The molecule has 92 valence electrons. The Balaban J connectivity index is 2.80. The zero-order chi connectivity index (χ0) is 12.8. The molecule has 4 heteroatoms. The summed E-state index contributed by atoms with van der Waals surface area (Å²) in [5.74, 6) is 0.451. The maximum atomic E-state index is 8.79. The van der Waals surface area contributed by atoms with Gasteiger partial charge in [0.25, 0.3) is 0 Å². The number of rotatable bonds is 5. The Morgan fingerprint density at radius 3 is 2.65 bits per heavy atom. The molecule has 0 heterocycles. The minimum Gasteiger partial charge on any atom is -0.398 e. The summed E-state index contributed by atoms with van der Waals surface area (Å²) in [7, 11) is 1.68. The van der Waals surface area contributed by atoms with E-state index in [4.69, 9.17) is 15.7 Å². The second kappa shape index (κ2) is 6.12. The van der Waals surface area contributed by atoms with Crippen LogP contribution in [-0.2, 0) is 4.74 Å². The van der Waals surface area contributed by atoms with E-state index in [0.29, 0.717) is 23.8 Å².